The minimum Gasteiger partial charge on any atom is -0.497 e. The van der Waals surface area contributed by atoms with E-state index >= 15 is 0 Å². The van der Waals surface area contributed by atoms with Gasteiger partial charge in [-0.15, -0.1) is 10.2 Å². The molecule has 0 unspecified atom stereocenters. The number of ether oxygens (including phenoxy) is 2. The Morgan fingerprint density at radius 2 is 1.80 bits per heavy atom. The lowest BCUT2D eigenvalue weighted by Gasteiger charge is -2.28. The average Bonchev–Trinajstić information content (AvgIpc) is 3.21. The first-order valence-corrected chi connectivity index (χ1v) is 10.8. The topological polar surface area (TPSA) is 69.5 Å². The molecule has 0 spiro atoms. The Morgan fingerprint density at radius 1 is 1.07 bits per heavy atom. The van der Waals surface area contributed by atoms with E-state index in [0.717, 1.165) is 35.5 Å². The summed E-state index contributed by atoms with van der Waals surface area (Å²) in [4.78, 5) is 14.8. The quantitative estimate of drug-likeness (QED) is 0.406. The molecule has 0 bridgehead atoms. The highest BCUT2D eigenvalue weighted by molar-refractivity contribution is 7.99. The third-order valence-corrected chi connectivity index (χ3v) is 5.89. The van der Waals surface area contributed by atoms with Gasteiger partial charge in [-0.1, -0.05) is 42.1 Å². The molecule has 0 radical (unpaired) electrons. The summed E-state index contributed by atoms with van der Waals surface area (Å²) in [6.45, 7) is 3.57. The summed E-state index contributed by atoms with van der Waals surface area (Å²) in [6.07, 6.45) is 0. The number of carbonyl (C=O) groups excluding carboxylic acids is 1. The van der Waals surface area contributed by atoms with Gasteiger partial charge in [-0.3, -0.25) is 9.36 Å². The minimum absolute atomic E-state index is 0.0461. The lowest BCUT2D eigenvalue weighted by atomic mass is 10.1. The number of Topliss-reactive ketones (excluding diaryl/α,β-unsaturated/α-hetero) is 1. The van der Waals surface area contributed by atoms with Gasteiger partial charge in [0, 0.05) is 18.7 Å². The molecule has 2 heterocycles. The molecule has 1 aromatic heterocycles. The summed E-state index contributed by atoms with van der Waals surface area (Å²) in [7, 11) is 1.61. The van der Waals surface area contributed by atoms with Crippen molar-refractivity contribution in [1.29, 1.82) is 0 Å². The Morgan fingerprint density at radius 3 is 2.50 bits per heavy atom. The molecule has 0 saturated carbocycles. The van der Waals surface area contributed by atoms with Crippen LogP contribution in [0, 0.1) is 0 Å². The van der Waals surface area contributed by atoms with Gasteiger partial charge in [0.25, 0.3) is 0 Å². The minimum atomic E-state index is 0.0461. The maximum Gasteiger partial charge on any atom is 0.228 e. The Hall–Kier alpha value is -2.84. The first kappa shape index (κ1) is 20.4. The highest BCUT2D eigenvalue weighted by Gasteiger charge is 2.21. The van der Waals surface area contributed by atoms with E-state index in [1.54, 1.807) is 31.4 Å². The maximum atomic E-state index is 12.6. The maximum absolute atomic E-state index is 12.6. The van der Waals surface area contributed by atoms with Crippen LogP contribution in [-0.2, 0) is 11.3 Å². The van der Waals surface area contributed by atoms with Gasteiger partial charge < -0.3 is 14.4 Å². The monoisotopic (exact) mass is 424 g/mol. The van der Waals surface area contributed by atoms with Crippen molar-refractivity contribution in [2.75, 3.05) is 44.1 Å². The Bertz CT molecular complexity index is 970. The second kappa shape index (κ2) is 9.77. The molecule has 0 amide bonds. The number of hydrogen-bond acceptors (Lipinski definition) is 7. The molecule has 4 rings (SSSR count). The summed E-state index contributed by atoms with van der Waals surface area (Å²) in [5.41, 5.74) is 1.82. The van der Waals surface area contributed by atoms with Gasteiger partial charge in [0.05, 0.1) is 32.6 Å². The zero-order chi connectivity index (χ0) is 20.8. The molecule has 1 aliphatic heterocycles. The van der Waals surface area contributed by atoms with Crippen molar-refractivity contribution < 1.29 is 14.3 Å². The second-order valence-electron chi connectivity index (χ2n) is 6.89. The number of methoxy groups -OCH3 is 1. The molecule has 8 heteroatoms. The van der Waals surface area contributed by atoms with Gasteiger partial charge >= 0.3 is 0 Å². The molecular formula is C22H24N4O3S. The number of benzene rings is 2. The van der Waals surface area contributed by atoms with Gasteiger partial charge in [0.15, 0.2) is 10.9 Å². The molecule has 1 fully saturated rings. The Kier molecular flexibility index (Phi) is 6.66. The van der Waals surface area contributed by atoms with Crippen LogP contribution in [0.25, 0.3) is 0 Å². The van der Waals surface area contributed by atoms with Crippen molar-refractivity contribution in [3.05, 3.63) is 65.7 Å². The summed E-state index contributed by atoms with van der Waals surface area (Å²) in [5.74, 6) is 1.89. The van der Waals surface area contributed by atoms with E-state index in [2.05, 4.69) is 31.8 Å². The van der Waals surface area contributed by atoms with Crippen LogP contribution in [0.4, 0.5) is 5.95 Å². The van der Waals surface area contributed by atoms with Crippen LogP contribution < -0.4 is 9.64 Å². The number of thioether (sulfide) groups is 1. The first-order valence-electron chi connectivity index (χ1n) is 9.84. The number of morpholine rings is 1. The van der Waals surface area contributed by atoms with E-state index in [-0.39, 0.29) is 5.78 Å². The lowest BCUT2D eigenvalue weighted by Crippen LogP contribution is -2.38. The van der Waals surface area contributed by atoms with Gasteiger partial charge in [-0.2, -0.15) is 0 Å². The highest BCUT2D eigenvalue weighted by atomic mass is 32.2. The first-order chi connectivity index (χ1) is 14.7. The van der Waals surface area contributed by atoms with Crippen molar-refractivity contribution in [3.8, 4) is 5.75 Å². The van der Waals surface area contributed by atoms with Crippen LogP contribution in [0.2, 0.25) is 0 Å². The van der Waals surface area contributed by atoms with Gasteiger partial charge in [0.2, 0.25) is 5.95 Å². The predicted octanol–water partition coefficient (Wildman–Crippen LogP) is 3.15. The highest BCUT2D eigenvalue weighted by Crippen LogP contribution is 2.25. The van der Waals surface area contributed by atoms with Crippen LogP contribution in [-0.4, -0.2) is 59.7 Å². The standard InChI is InChI=1S/C22H24N4O3S/c1-28-19-9-7-18(8-10-19)20(27)16-30-22-24-23-21(25-11-13-29-14-12-25)26(22)15-17-5-3-2-4-6-17/h2-10H,11-16H2,1H3. The van der Waals surface area contributed by atoms with Crippen molar-refractivity contribution >= 4 is 23.5 Å². The summed E-state index contributed by atoms with van der Waals surface area (Å²) in [5, 5.41) is 9.58. The zero-order valence-corrected chi connectivity index (χ0v) is 17.7. The molecule has 0 atom stereocenters. The fraction of sp³-hybridized carbons (Fsp3) is 0.318. The molecule has 7 nitrogen and oxygen atoms in total. The average molecular weight is 425 g/mol. The molecule has 156 valence electrons. The SMILES string of the molecule is COc1ccc(C(=O)CSc2nnc(N3CCOCC3)n2Cc2ccccc2)cc1. The third-order valence-electron chi connectivity index (χ3n) is 4.92. The molecule has 0 aliphatic carbocycles. The fourth-order valence-corrected chi connectivity index (χ4v) is 4.11. The normalized spacial score (nSPS) is 14.0. The van der Waals surface area contributed by atoms with Crippen molar-refractivity contribution in [3.63, 3.8) is 0 Å². The van der Waals surface area contributed by atoms with Crippen LogP contribution >= 0.6 is 11.8 Å². The summed E-state index contributed by atoms with van der Waals surface area (Å²) >= 11 is 1.41. The van der Waals surface area contributed by atoms with Crippen LogP contribution in [0.3, 0.4) is 0 Å². The number of carbonyl (C=O) groups is 1. The fourth-order valence-electron chi connectivity index (χ4n) is 3.28. The van der Waals surface area contributed by atoms with Crippen LogP contribution in [0.15, 0.2) is 59.8 Å². The number of hydrogen-bond donors (Lipinski definition) is 0. The number of rotatable bonds is 8. The van der Waals surface area contributed by atoms with E-state index in [1.165, 1.54) is 11.8 Å². The molecular weight excluding hydrogens is 400 g/mol. The largest absolute Gasteiger partial charge is 0.497 e. The van der Waals surface area contributed by atoms with E-state index in [4.69, 9.17) is 9.47 Å². The zero-order valence-electron chi connectivity index (χ0n) is 16.9. The summed E-state index contributed by atoms with van der Waals surface area (Å²) in [6, 6.07) is 17.4. The molecule has 2 aromatic carbocycles. The predicted molar refractivity (Wildman–Crippen MR) is 117 cm³/mol. The number of ketones is 1. The second-order valence-corrected chi connectivity index (χ2v) is 7.84. The molecule has 3 aromatic rings. The van der Waals surface area contributed by atoms with Gasteiger partial charge in [0.1, 0.15) is 5.75 Å². The molecule has 1 saturated heterocycles. The van der Waals surface area contributed by atoms with E-state index in [9.17, 15) is 4.79 Å². The van der Waals surface area contributed by atoms with Gasteiger partial charge in [-0.25, -0.2) is 0 Å². The number of anilines is 1. The van der Waals surface area contributed by atoms with Crippen molar-refractivity contribution in [2.24, 2.45) is 0 Å². The molecule has 1 aliphatic rings. The van der Waals surface area contributed by atoms with Gasteiger partial charge in [-0.05, 0) is 29.8 Å². The van der Waals surface area contributed by atoms with E-state index in [1.807, 2.05) is 18.2 Å². The van der Waals surface area contributed by atoms with Crippen LogP contribution in [0.1, 0.15) is 15.9 Å². The lowest BCUT2D eigenvalue weighted by molar-refractivity contribution is 0.102. The van der Waals surface area contributed by atoms with E-state index in [0.29, 0.717) is 31.1 Å². The third kappa shape index (κ3) is 4.83. The molecule has 30 heavy (non-hydrogen) atoms. The number of nitrogens with zero attached hydrogens (tertiary/aromatic N) is 4. The van der Waals surface area contributed by atoms with Crippen LogP contribution in [0.5, 0.6) is 5.75 Å². The smallest absolute Gasteiger partial charge is 0.228 e. The van der Waals surface area contributed by atoms with Crippen molar-refractivity contribution in [2.45, 2.75) is 11.7 Å². The Balaban J connectivity index is 1.52. The summed E-state index contributed by atoms with van der Waals surface area (Å²) < 4.78 is 12.7. The Labute approximate surface area is 180 Å². The number of aromatic nitrogens is 3. The van der Waals surface area contributed by atoms with Crippen molar-refractivity contribution in [1.82, 2.24) is 14.8 Å². The molecule has 0 N–H and O–H groups in total. The van der Waals surface area contributed by atoms with E-state index < -0.39 is 0 Å².